The molecular weight excluding hydrogens is 416 g/mol. The number of methoxy groups -OCH3 is 1. The van der Waals surface area contributed by atoms with Crippen LogP contribution in [0.15, 0.2) is 82.3 Å². The number of carbonyl (C=O) groups is 1. The van der Waals surface area contributed by atoms with Crippen molar-refractivity contribution in [3.05, 3.63) is 94.0 Å². The molecule has 142 valence electrons. The molecule has 28 heavy (non-hydrogen) atoms. The standard InChI is InChI=1S/C23H21BrN2O2/c1-16-4-12-20(13-5-16)25-22(17-8-14-21(28-3)15-9-17)26(2)23(27)18-6-10-19(24)11-7-18/h4-15H,1-3H3. The molecule has 4 nitrogen and oxygen atoms in total. The van der Waals surface area contributed by atoms with Gasteiger partial charge in [-0.3, -0.25) is 9.69 Å². The maximum Gasteiger partial charge on any atom is 0.259 e. The van der Waals surface area contributed by atoms with Gasteiger partial charge in [0.25, 0.3) is 5.91 Å². The number of amidine groups is 1. The molecule has 0 atom stereocenters. The van der Waals surface area contributed by atoms with E-state index in [1.165, 1.54) is 0 Å². The van der Waals surface area contributed by atoms with Crippen LogP contribution in [0.3, 0.4) is 0 Å². The zero-order valence-corrected chi connectivity index (χ0v) is 17.6. The van der Waals surface area contributed by atoms with Crippen LogP contribution >= 0.6 is 15.9 Å². The third kappa shape index (κ3) is 4.67. The Hall–Kier alpha value is -2.92. The van der Waals surface area contributed by atoms with Gasteiger partial charge in [0.15, 0.2) is 0 Å². The minimum absolute atomic E-state index is 0.130. The van der Waals surface area contributed by atoms with Crippen LogP contribution in [0, 0.1) is 6.92 Å². The van der Waals surface area contributed by atoms with Gasteiger partial charge in [-0.15, -0.1) is 0 Å². The van der Waals surface area contributed by atoms with Crippen molar-refractivity contribution in [2.75, 3.05) is 14.2 Å². The second-order valence-electron chi connectivity index (χ2n) is 6.37. The van der Waals surface area contributed by atoms with Crippen LogP contribution in [-0.4, -0.2) is 30.8 Å². The number of carbonyl (C=O) groups excluding carboxylic acids is 1. The molecule has 0 fully saturated rings. The van der Waals surface area contributed by atoms with Crippen molar-refractivity contribution in [1.82, 2.24) is 4.90 Å². The zero-order valence-electron chi connectivity index (χ0n) is 16.0. The molecular formula is C23H21BrN2O2. The predicted octanol–water partition coefficient (Wildman–Crippen LogP) is 5.62. The van der Waals surface area contributed by atoms with Gasteiger partial charge in [0.2, 0.25) is 0 Å². The quantitative estimate of drug-likeness (QED) is 0.393. The van der Waals surface area contributed by atoms with Crippen LogP contribution in [0.5, 0.6) is 5.75 Å². The molecule has 3 aromatic rings. The Bertz CT molecular complexity index is 979. The third-order valence-corrected chi connectivity index (χ3v) is 4.86. The van der Waals surface area contributed by atoms with Crippen molar-refractivity contribution in [3.8, 4) is 5.75 Å². The summed E-state index contributed by atoms with van der Waals surface area (Å²) in [5.41, 5.74) is 3.36. The van der Waals surface area contributed by atoms with Gasteiger partial charge < -0.3 is 4.74 Å². The molecule has 0 aliphatic carbocycles. The van der Waals surface area contributed by atoms with Gasteiger partial charge >= 0.3 is 0 Å². The minimum atomic E-state index is -0.130. The zero-order chi connectivity index (χ0) is 20.1. The van der Waals surface area contributed by atoms with E-state index < -0.39 is 0 Å². The number of hydrogen-bond donors (Lipinski definition) is 0. The van der Waals surface area contributed by atoms with E-state index in [2.05, 4.69) is 15.9 Å². The first-order valence-electron chi connectivity index (χ1n) is 8.81. The fraction of sp³-hybridized carbons (Fsp3) is 0.130. The molecule has 0 aliphatic heterocycles. The molecule has 0 saturated heterocycles. The van der Waals surface area contributed by atoms with Gasteiger partial charge in [0.1, 0.15) is 11.6 Å². The van der Waals surface area contributed by atoms with Gasteiger partial charge in [0, 0.05) is 22.6 Å². The fourth-order valence-electron chi connectivity index (χ4n) is 2.70. The highest BCUT2D eigenvalue weighted by Gasteiger charge is 2.19. The lowest BCUT2D eigenvalue weighted by molar-refractivity contribution is 0.0871. The molecule has 0 aliphatic rings. The molecule has 0 unspecified atom stereocenters. The molecule has 0 bridgehead atoms. The van der Waals surface area contributed by atoms with E-state index in [0.29, 0.717) is 11.4 Å². The van der Waals surface area contributed by atoms with Gasteiger partial charge in [-0.05, 0) is 67.6 Å². The topological polar surface area (TPSA) is 41.9 Å². The average molecular weight is 437 g/mol. The summed E-state index contributed by atoms with van der Waals surface area (Å²) in [6, 6.07) is 22.7. The average Bonchev–Trinajstić information content (AvgIpc) is 2.73. The largest absolute Gasteiger partial charge is 0.497 e. The Kier molecular flexibility index (Phi) is 6.26. The van der Waals surface area contributed by atoms with Crippen molar-refractivity contribution in [2.24, 2.45) is 4.99 Å². The molecule has 0 radical (unpaired) electrons. The molecule has 0 aromatic heterocycles. The summed E-state index contributed by atoms with van der Waals surface area (Å²) in [7, 11) is 3.36. The number of amides is 1. The lowest BCUT2D eigenvalue weighted by Gasteiger charge is -2.20. The SMILES string of the molecule is COc1ccc(C(=Nc2ccc(C)cc2)N(C)C(=O)c2ccc(Br)cc2)cc1. The molecule has 0 spiro atoms. The van der Waals surface area contributed by atoms with Crippen LogP contribution in [0.2, 0.25) is 0 Å². The monoisotopic (exact) mass is 436 g/mol. The predicted molar refractivity (Wildman–Crippen MR) is 117 cm³/mol. The minimum Gasteiger partial charge on any atom is -0.497 e. The van der Waals surface area contributed by atoms with Crippen LogP contribution in [0.4, 0.5) is 5.69 Å². The molecule has 3 aromatic carbocycles. The number of aryl methyl sites for hydroxylation is 1. The van der Waals surface area contributed by atoms with Crippen LogP contribution in [-0.2, 0) is 0 Å². The third-order valence-electron chi connectivity index (χ3n) is 4.33. The van der Waals surface area contributed by atoms with E-state index in [1.54, 1.807) is 31.2 Å². The maximum absolute atomic E-state index is 13.0. The van der Waals surface area contributed by atoms with Crippen molar-refractivity contribution in [3.63, 3.8) is 0 Å². The van der Waals surface area contributed by atoms with E-state index >= 15 is 0 Å². The maximum atomic E-state index is 13.0. The van der Waals surface area contributed by atoms with E-state index in [-0.39, 0.29) is 5.91 Å². The van der Waals surface area contributed by atoms with Gasteiger partial charge in [0.05, 0.1) is 12.8 Å². The highest BCUT2D eigenvalue weighted by atomic mass is 79.9. The molecule has 0 heterocycles. The first-order valence-corrected chi connectivity index (χ1v) is 9.60. The Morgan fingerprint density at radius 3 is 2.04 bits per heavy atom. The van der Waals surface area contributed by atoms with Crippen molar-refractivity contribution in [1.29, 1.82) is 0 Å². The highest BCUT2D eigenvalue weighted by molar-refractivity contribution is 9.10. The Morgan fingerprint density at radius 1 is 0.893 bits per heavy atom. The summed E-state index contributed by atoms with van der Waals surface area (Å²) in [6.07, 6.45) is 0. The second-order valence-corrected chi connectivity index (χ2v) is 7.29. The summed E-state index contributed by atoms with van der Waals surface area (Å²) in [5, 5.41) is 0. The molecule has 0 N–H and O–H groups in total. The number of ether oxygens (including phenoxy) is 1. The summed E-state index contributed by atoms with van der Waals surface area (Å²) >= 11 is 3.40. The number of nitrogens with zero attached hydrogens (tertiary/aromatic N) is 2. The van der Waals surface area contributed by atoms with Crippen LogP contribution in [0.1, 0.15) is 21.5 Å². The van der Waals surface area contributed by atoms with E-state index in [0.717, 1.165) is 27.0 Å². The molecule has 3 rings (SSSR count). The summed E-state index contributed by atoms with van der Waals surface area (Å²) in [5.74, 6) is 1.19. The van der Waals surface area contributed by atoms with Crippen molar-refractivity contribution < 1.29 is 9.53 Å². The number of halogens is 1. The smallest absolute Gasteiger partial charge is 0.259 e. The van der Waals surface area contributed by atoms with Crippen molar-refractivity contribution >= 4 is 33.4 Å². The lowest BCUT2D eigenvalue weighted by atomic mass is 10.1. The first-order chi connectivity index (χ1) is 13.5. The van der Waals surface area contributed by atoms with E-state index in [9.17, 15) is 4.79 Å². The fourth-order valence-corrected chi connectivity index (χ4v) is 2.96. The Morgan fingerprint density at radius 2 is 1.46 bits per heavy atom. The number of aliphatic imine (C=N–C) groups is 1. The molecule has 5 heteroatoms. The normalized spacial score (nSPS) is 11.2. The van der Waals surface area contributed by atoms with Gasteiger partial charge in [-0.2, -0.15) is 0 Å². The summed E-state index contributed by atoms with van der Waals surface area (Å²) < 4.78 is 6.17. The van der Waals surface area contributed by atoms with E-state index in [1.807, 2.05) is 67.6 Å². The van der Waals surface area contributed by atoms with Gasteiger partial charge in [-0.25, -0.2) is 4.99 Å². The number of rotatable bonds is 4. The lowest BCUT2D eigenvalue weighted by Crippen LogP contribution is -2.33. The van der Waals surface area contributed by atoms with E-state index in [4.69, 9.17) is 9.73 Å². The molecule has 1 amide bonds. The summed E-state index contributed by atoms with van der Waals surface area (Å²) in [6.45, 7) is 2.03. The van der Waals surface area contributed by atoms with Gasteiger partial charge in [-0.1, -0.05) is 33.6 Å². The Balaban J connectivity index is 2.02. The number of hydrogen-bond acceptors (Lipinski definition) is 3. The van der Waals surface area contributed by atoms with Crippen molar-refractivity contribution in [2.45, 2.75) is 6.92 Å². The molecule has 0 saturated carbocycles. The summed E-state index contributed by atoms with van der Waals surface area (Å²) in [4.78, 5) is 19.4. The second kappa shape index (κ2) is 8.85. The van der Waals surface area contributed by atoms with Crippen LogP contribution < -0.4 is 4.74 Å². The van der Waals surface area contributed by atoms with Crippen LogP contribution in [0.25, 0.3) is 0 Å². The highest BCUT2D eigenvalue weighted by Crippen LogP contribution is 2.20. The number of benzene rings is 3. The Labute approximate surface area is 173 Å². The first kappa shape index (κ1) is 19.8.